The molecule has 0 fully saturated rings. The number of carboxylic acid groups (broad SMARTS) is 2. The number of aromatic nitrogens is 8. The van der Waals surface area contributed by atoms with Crippen LogP contribution < -0.4 is 10.2 Å². The zero-order valence-corrected chi connectivity index (χ0v) is 32.1. The van der Waals surface area contributed by atoms with Crippen molar-refractivity contribution in [2.24, 2.45) is 14.1 Å². The van der Waals surface area contributed by atoms with E-state index in [9.17, 15) is 26.3 Å². The summed E-state index contributed by atoms with van der Waals surface area (Å²) in [7, 11) is 3.88. The van der Waals surface area contributed by atoms with Crippen LogP contribution in [0.3, 0.4) is 0 Å². The standard InChI is InChI=1S/2C11H12N2.2C4H6N2.2C2HF3O2.Zn/c2*1-10-3-2-4-11(7-10)8-13-6-5-12-9-13;2*1-6-3-2-5-4-6;2*3-2(4,5)1(6)7;/h2*2-7,9H,8H2,1H3;2*2-4H,1H3;2*(H,6,7);/q;;;;;;+2/p-2. The first-order valence-electron chi connectivity index (χ1n) is 14.8. The van der Waals surface area contributed by atoms with Gasteiger partial charge in [0.1, 0.15) is 11.9 Å². The molecule has 0 saturated carbocycles. The molecule has 0 N–H and O–H groups in total. The van der Waals surface area contributed by atoms with Gasteiger partial charge >= 0.3 is 31.8 Å². The number of imidazole rings is 4. The van der Waals surface area contributed by atoms with Crippen LogP contribution in [0.4, 0.5) is 26.3 Å². The van der Waals surface area contributed by atoms with Gasteiger partial charge in [-0.25, -0.2) is 19.9 Å². The summed E-state index contributed by atoms with van der Waals surface area (Å²) < 4.78 is 71.0. The molecule has 0 spiro atoms. The molecule has 53 heavy (non-hydrogen) atoms. The Hall–Kier alpha value is -5.58. The molecule has 0 aliphatic heterocycles. The topological polar surface area (TPSA) is 152 Å². The molecule has 0 unspecified atom stereocenters. The number of aliphatic carboxylic acids is 2. The van der Waals surface area contributed by atoms with Crippen molar-refractivity contribution in [2.45, 2.75) is 39.3 Å². The molecule has 19 heteroatoms. The first-order valence-corrected chi connectivity index (χ1v) is 14.8. The van der Waals surface area contributed by atoms with E-state index in [-0.39, 0.29) is 19.5 Å². The van der Waals surface area contributed by atoms with Gasteiger partial charge in [-0.1, -0.05) is 59.7 Å². The number of hydrogen-bond acceptors (Lipinski definition) is 8. The van der Waals surface area contributed by atoms with E-state index in [1.165, 1.54) is 22.3 Å². The summed E-state index contributed by atoms with van der Waals surface area (Å²) in [6, 6.07) is 17.0. The van der Waals surface area contributed by atoms with Crippen LogP contribution >= 0.6 is 0 Å². The average molecular weight is 800 g/mol. The molecule has 0 radical (unpaired) electrons. The molecule has 4 aromatic heterocycles. The molecule has 2 aromatic carbocycles. The van der Waals surface area contributed by atoms with Gasteiger partial charge in [-0.3, -0.25) is 0 Å². The minimum atomic E-state index is -5.19. The number of carboxylic acids is 2. The maximum atomic E-state index is 10.5. The van der Waals surface area contributed by atoms with Crippen molar-refractivity contribution < 1.29 is 65.6 Å². The van der Waals surface area contributed by atoms with E-state index in [4.69, 9.17) is 19.8 Å². The molecular weight excluding hydrogens is 764 g/mol. The molecule has 12 nitrogen and oxygen atoms in total. The van der Waals surface area contributed by atoms with Gasteiger partial charge in [-0.15, -0.1) is 0 Å². The van der Waals surface area contributed by atoms with Gasteiger partial charge in [0.2, 0.25) is 0 Å². The largest absolute Gasteiger partial charge is 2.00 e. The van der Waals surface area contributed by atoms with Gasteiger partial charge in [0.05, 0.1) is 25.3 Å². The Morgan fingerprint density at radius 3 is 1.08 bits per heavy atom. The number of alkyl halides is 6. The summed E-state index contributed by atoms with van der Waals surface area (Å²) in [5.41, 5.74) is 5.24. The van der Waals surface area contributed by atoms with Crippen molar-refractivity contribution >= 4 is 11.9 Å². The Labute approximate surface area is 314 Å². The van der Waals surface area contributed by atoms with Crippen LogP contribution in [0.15, 0.2) is 123 Å². The Balaban J connectivity index is 0.000000632. The zero-order chi connectivity index (χ0) is 39.2. The number of rotatable bonds is 4. The number of carbonyl (C=O) groups is 2. The molecule has 0 bridgehead atoms. The van der Waals surface area contributed by atoms with E-state index in [1.807, 2.05) is 60.7 Å². The average Bonchev–Trinajstić information content (AvgIpc) is 3.89. The Morgan fingerprint density at radius 2 is 0.887 bits per heavy atom. The zero-order valence-electron chi connectivity index (χ0n) is 29.1. The van der Waals surface area contributed by atoms with Gasteiger partial charge < -0.3 is 38.1 Å². The molecule has 0 atom stereocenters. The molecule has 4 heterocycles. The molecule has 0 saturated heterocycles. The third-order valence-electron chi connectivity index (χ3n) is 5.75. The van der Waals surface area contributed by atoms with Crippen molar-refractivity contribution in [3.8, 4) is 0 Å². The number of hydrogen-bond donors (Lipinski definition) is 0. The van der Waals surface area contributed by atoms with E-state index in [0.717, 1.165) is 13.1 Å². The Bertz CT molecular complexity index is 1680. The van der Waals surface area contributed by atoms with Crippen LogP contribution in [0.25, 0.3) is 0 Å². The quantitative estimate of drug-likeness (QED) is 0.193. The summed E-state index contributed by atoms with van der Waals surface area (Å²) in [5, 5.41) is 17.6. The second-order valence-electron chi connectivity index (χ2n) is 10.5. The van der Waals surface area contributed by atoms with Crippen molar-refractivity contribution in [2.75, 3.05) is 0 Å². The van der Waals surface area contributed by atoms with E-state index in [1.54, 1.807) is 37.4 Å². The van der Waals surface area contributed by atoms with Crippen molar-refractivity contribution in [1.82, 2.24) is 38.2 Å². The number of carbonyl (C=O) groups excluding carboxylic acids is 2. The summed E-state index contributed by atoms with van der Waals surface area (Å²) >= 11 is 0. The van der Waals surface area contributed by atoms with E-state index in [0.29, 0.717) is 0 Å². The van der Waals surface area contributed by atoms with Gasteiger partial charge in [-0.2, -0.15) is 26.3 Å². The third-order valence-corrected chi connectivity index (χ3v) is 5.75. The molecular formula is C34H36F6N8O4Zn. The Kier molecular flexibility index (Phi) is 22.0. The fraction of sp³-hybridized carbons (Fsp3) is 0.235. The van der Waals surface area contributed by atoms with E-state index in [2.05, 4.69) is 91.4 Å². The Morgan fingerprint density at radius 1 is 0.585 bits per heavy atom. The minimum Gasteiger partial charge on any atom is -0.542 e. The van der Waals surface area contributed by atoms with Crippen LogP contribution in [0.2, 0.25) is 0 Å². The van der Waals surface area contributed by atoms with Gasteiger partial charge in [-0.05, 0) is 25.0 Å². The number of halogens is 6. The number of benzene rings is 2. The van der Waals surface area contributed by atoms with Gasteiger partial charge in [0.15, 0.2) is 0 Å². The minimum absolute atomic E-state index is 0. The summed E-state index contributed by atoms with van der Waals surface area (Å²) in [6.45, 7) is 6.03. The maximum absolute atomic E-state index is 10.5. The van der Waals surface area contributed by atoms with Crippen LogP contribution in [0.1, 0.15) is 22.3 Å². The van der Waals surface area contributed by atoms with E-state index >= 15 is 0 Å². The molecule has 0 amide bonds. The predicted octanol–water partition coefficient (Wildman–Crippen LogP) is 3.91. The molecule has 0 aliphatic rings. The molecule has 0 aliphatic carbocycles. The van der Waals surface area contributed by atoms with Gasteiger partial charge in [0.25, 0.3) is 0 Å². The van der Waals surface area contributed by atoms with Gasteiger partial charge in [0, 0.05) is 76.8 Å². The fourth-order valence-electron chi connectivity index (χ4n) is 3.45. The summed E-state index contributed by atoms with van der Waals surface area (Å²) in [5.74, 6) is -6.01. The van der Waals surface area contributed by atoms with Crippen molar-refractivity contribution in [3.05, 3.63) is 146 Å². The predicted molar refractivity (Wildman–Crippen MR) is 174 cm³/mol. The first-order chi connectivity index (χ1) is 24.4. The number of aryl methyl sites for hydroxylation is 4. The van der Waals surface area contributed by atoms with Crippen LogP contribution in [0.5, 0.6) is 0 Å². The fourth-order valence-corrected chi connectivity index (χ4v) is 3.45. The smallest absolute Gasteiger partial charge is 0.542 e. The summed E-state index contributed by atoms with van der Waals surface area (Å²) in [4.78, 5) is 33.1. The molecule has 6 rings (SSSR count). The van der Waals surface area contributed by atoms with Crippen LogP contribution in [0, 0.1) is 13.8 Å². The molecule has 280 valence electrons. The van der Waals surface area contributed by atoms with Crippen molar-refractivity contribution in [3.63, 3.8) is 0 Å². The monoisotopic (exact) mass is 798 g/mol. The SMILES string of the molecule is Cc1cccc(Cn2ccnc2)c1.Cc1cccc(Cn2ccnc2)c1.Cn1ccnc1.Cn1ccnc1.O=C([O-])C(F)(F)F.O=C([O-])C(F)(F)F.[Zn+2]. The second kappa shape index (κ2) is 24.6. The second-order valence-corrected chi connectivity index (χ2v) is 10.5. The molecule has 6 aromatic rings. The van der Waals surface area contributed by atoms with Crippen molar-refractivity contribution in [1.29, 1.82) is 0 Å². The normalized spacial score (nSPS) is 10.0. The van der Waals surface area contributed by atoms with Crippen LogP contribution in [-0.2, 0) is 56.3 Å². The van der Waals surface area contributed by atoms with E-state index < -0.39 is 24.3 Å². The third kappa shape index (κ3) is 23.5. The van der Waals surface area contributed by atoms with Crippen LogP contribution in [-0.4, -0.2) is 62.5 Å². The number of nitrogens with zero attached hydrogens (tertiary/aromatic N) is 8. The maximum Gasteiger partial charge on any atom is 2.00 e. The summed E-state index contributed by atoms with van der Waals surface area (Å²) in [6.07, 6.45) is 11.6. The first kappa shape index (κ1) is 47.4.